The van der Waals surface area contributed by atoms with Crippen LogP contribution >= 0.6 is 0 Å². The highest BCUT2D eigenvalue weighted by Gasteiger charge is 2.25. The monoisotopic (exact) mass is 355 g/mol. The van der Waals surface area contributed by atoms with Gasteiger partial charge < -0.3 is 9.88 Å². The number of carbonyl (C=O) groups excluding carboxylic acids is 1. The van der Waals surface area contributed by atoms with Crippen molar-refractivity contribution in [3.63, 3.8) is 0 Å². The average molecular weight is 355 g/mol. The van der Waals surface area contributed by atoms with Crippen molar-refractivity contribution in [3.05, 3.63) is 47.8 Å². The number of likely N-dealkylation sites (tertiary alicyclic amines) is 1. The summed E-state index contributed by atoms with van der Waals surface area (Å²) in [5, 5.41) is 0. The second kappa shape index (κ2) is 6.23. The van der Waals surface area contributed by atoms with E-state index in [0.717, 1.165) is 43.3 Å². The SMILES string of the molecule is O=C(c1cc(S(=O)(=O)Nc2c(F)cccc2F)c[nH]1)N1CCCC1. The summed E-state index contributed by atoms with van der Waals surface area (Å²) in [7, 11) is -4.23. The van der Waals surface area contributed by atoms with Crippen molar-refractivity contribution in [1.82, 2.24) is 9.88 Å². The van der Waals surface area contributed by atoms with Crippen molar-refractivity contribution in [1.29, 1.82) is 0 Å². The first-order valence-electron chi connectivity index (χ1n) is 7.33. The number of amides is 1. The van der Waals surface area contributed by atoms with Crippen molar-refractivity contribution >= 4 is 21.6 Å². The molecule has 1 amide bonds. The van der Waals surface area contributed by atoms with Gasteiger partial charge in [0.25, 0.3) is 15.9 Å². The molecule has 0 radical (unpaired) electrons. The van der Waals surface area contributed by atoms with E-state index in [0.29, 0.717) is 13.1 Å². The number of anilines is 1. The maximum atomic E-state index is 13.6. The lowest BCUT2D eigenvalue weighted by Crippen LogP contribution is -2.27. The van der Waals surface area contributed by atoms with Crippen LogP contribution in [0.5, 0.6) is 0 Å². The lowest BCUT2D eigenvalue weighted by atomic mass is 10.3. The number of aromatic amines is 1. The maximum Gasteiger partial charge on any atom is 0.270 e. The first kappa shape index (κ1) is 16.4. The van der Waals surface area contributed by atoms with Crippen LogP contribution in [0.2, 0.25) is 0 Å². The molecule has 2 N–H and O–H groups in total. The van der Waals surface area contributed by atoms with Gasteiger partial charge in [-0.2, -0.15) is 0 Å². The van der Waals surface area contributed by atoms with E-state index in [1.54, 1.807) is 4.90 Å². The van der Waals surface area contributed by atoms with E-state index in [9.17, 15) is 22.0 Å². The van der Waals surface area contributed by atoms with Crippen molar-refractivity contribution < 1.29 is 22.0 Å². The largest absolute Gasteiger partial charge is 0.356 e. The molecule has 2 aromatic rings. The maximum absolute atomic E-state index is 13.6. The fraction of sp³-hybridized carbons (Fsp3) is 0.267. The molecule has 0 saturated carbocycles. The lowest BCUT2D eigenvalue weighted by molar-refractivity contribution is 0.0787. The van der Waals surface area contributed by atoms with E-state index >= 15 is 0 Å². The minimum atomic E-state index is -4.23. The summed E-state index contributed by atoms with van der Waals surface area (Å²) < 4.78 is 53.6. The van der Waals surface area contributed by atoms with Gasteiger partial charge in [-0.1, -0.05) is 6.07 Å². The summed E-state index contributed by atoms with van der Waals surface area (Å²) in [6.45, 7) is 1.25. The number of rotatable bonds is 4. The first-order valence-corrected chi connectivity index (χ1v) is 8.81. The molecule has 3 rings (SSSR count). The Labute approximate surface area is 137 Å². The van der Waals surface area contributed by atoms with E-state index < -0.39 is 27.3 Å². The molecule has 1 saturated heterocycles. The van der Waals surface area contributed by atoms with Crippen LogP contribution in [0.1, 0.15) is 23.3 Å². The number of carbonyl (C=O) groups is 1. The van der Waals surface area contributed by atoms with E-state index in [4.69, 9.17) is 0 Å². The highest BCUT2D eigenvalue weighted by atomic mass is 32.2. The number of para-hydroxylation sites is 1. The molecule has 0 bridgehead atoms. The highest BCUT2D eigenvalue weighted by Crippen LogP contribution is 2.23. The number of halogens is 2. The molecule has 128 valence electrons. The van der Waals surface area contributed by atoms with Crippen LogP contribution in [-0.4, -0.2) is 37.3 Å². The molecule has 0 spiro atoms. The molecular formula is C15H15F2N3O3S. The molecule has 1 fully saturated rings. The molecule has 0 aliphatic carbocycles. The Kier molecular flexibility index (Phi) is 4.27. The number of nitrogens with zero attached hydrogens (tertiary/aromatic N) is 1. The number of hydrogen-bond donors (Lipinski definition) is 2. The van der Waals surface area contributed by atoms with Gasteiger partial charge in [0.15, 0.2) is 0 Å². The fourth-order valence-corrected chi connectivity index (χ4v) is 3.60. The summed E-state index contributed by atoms with van der Waals surface area (Å²) in [4.78, 5) is 16.2. The fourth-order valence-electron chi connectivity index (χ4n) is 2.53. The second-order valence-corrected chi connectivity index (χ2v) is 7.13. The zero-order chi connectivity index (χ0) is 17.3. The van der Waals surface area contributed by atoms with E-state index in [-0.39, 0.29) is 16.5 Å². The Hall–Kier alpha value is -2.42. The van der Waals surface area contributed by atoms with Gasteiger partial charge in [0.2, 0.25) is 0 Å². The van der Waals surface area contributed by atoms with Crippen LogP contribution in [0, 0.1) is 11.6 Å². The molecular weight excluding hydrogens is 340 g/mol. The van der Waals surface area contributed by atoms with E-state index in [2.05, 4.69) is 4.98 Å². The second-order valence-electron chi connectivity index (χ2n) is 5.45. The van der Waals surface area contributed by atoms with Gasteiger partial charge in [-0.15, -0.1) is 0 Å². The van der Waals surface area contributed by atoms with Crippen molar-refractivity contribution in [3.8, 4) is 0 Å². The third kappa shape index (κ3) is 3.12. The molecule has 2 heterocycles. The standard InChI is InChI=1S/C15H15F2N3O3S/c16-11-4-3-5-12(17)14(11)19-24(22,23)10-8-13(18-9-10)15(21)20-6-1-2-7-20/h3-5,8-9,18-19H,1-2,6-7H2. The summed E-state index contributed by atoms with van der Waals surface area (Å²) >= 11 is 0. The highest BCUT2D eigenvalue weighted by molar-refractivity contribution is 7.92. The van der Waals surface area contributed by atoms with Crippen LogP contribution in [0.4, 0.5) is 14.5 Å². The van der Waals surface area contributed by atoms with Crippen molar-refractivity contribution in [2.45, 2.75) is 17.7 Å². The molecule has 1 aliphatic heterocycles. The molecule has 0 unspecified atom stereocenters. The minimum Gasteiger partial charge on any atom is -0.356 e. The smallest absolute Gasteiger partial charge is 0.270 e. The summed E-state index contributed by atoms with van der Waals surface area (Å²) in [5.41, 5.74) is -0.641. The zero-order valence-corrected chi connectivity index (χ0v) is 13.4. The van der Waals surface area contributed by atoms with E-state index in [1.165, 1.54) is 0 Å². The third-order valence-corrected chi connectivity index (χ3v) is 5.12. The van der Waals surface area contributed by atoms with Gasteiger partial charge in [0, 0.05) is 19.3 Å². The molecule has 9 heteroatoms. The Bertz CT molecular complexity index is 854. The predicted molar refractivity (Wildman–Crippen MR) is 83.1 cm³/mol. The third-order valence-electron chi connectivity index (χ3n) is 3.79. The van der Waals surface area contributed by atoms with Gasteiger partial charge >= 0.3 is 0 Å². The molecule has 24 heavy (non-hydrogen) atoms. The van der Waals surface area contributed by atoms with Crippen LogP contribution in [0.3, 0.4) is 0 Å². The van der Waals surface area contributed by atoms with Crippen LogP contribution < -0.4 is 4.72 Å². The van der Waals surface area contributed by atoms with Gasteiger partial charge in [0.05, 0.1) is 0 Å². The van der Waals surface area contributed by atoms with Gasteiger partial charge in [-0.25, -0.2) is 17.2 Å². The quantitative estimate of drug-likeness (QED) is 0.883. The topological polar surface area (TPSA) is 82.3 Å². The Morgan fingerprint density at radius 1 is 1.17 bits per heavy atom. The van der Waals surface area contributed by atoms with Crippen molar-refractivity contribution in [2.75, 3.05) is 17.8 Å². The van der Waals surface area contributed by atoms with Crippen LogP contribution in [0.25, 0.3) is 0 Å². The van der Waals surface area contributed by atoms with Gasteiger partial charge in [-0.3, -0.25) is 9.52 Å². The number of aromatic nitrogens is 1. The number of benzene rings is 1. The Balaban J connectivity index is 1.84. The summed E-state index contributed by atoms with van der Waals surface area (Å²) in [6.07, 6.45) is 2.93. The normalized spacial score (nSPS) is 14.8. The summed E-state index contributed by atoms with van der Waals surface area (Å²) in [5.74, 6) is -2.35. The number of hydrogen-bond acceptors (Lipinski definition) is 3. The van der Waals surface area contributed by atoms with Crippen molar-refractivity contribution in [2.24, 2.45) is 0 Å². The Morgan fingerprint density at radius 3 is 2.42 bits per heavy atom. The molecule has 6 nitrogen and oxygen atoms in total. The average Bonchev–Trinajstić information content (AvgIpc) is 3.21. The van der Waals surface area contributed by atoms with E-state index in [1.807, 2.05) is 4.72 Å². The van der Waals surface area contributed by atoms with Gasteiger partial charge in [0.1, 0.15) is 27.9 Å². The number of nitrogens with one attached hydrogen (secondary N) is 2. The predicted octanol–water partition coefficient (Wildman–Crippen LogP) is 2.33. The lowest BCUT2D eigenvalue weighted by Gasteiger charge is -2.13. The first-order chi connectivity index (χ1) is 11.4. The van der Waals surface area contributed by atoms with Crippen LogP contribution in [-0.2, 0) is 10.0 Å². The Morgan fingerprint density at radius 2 is 1.79 bits per heavy atom. The zero-order valence-electron chi connectivity index (χ0n) is 12.6. The molecule has 1 aliphatic rings. The van der Waals surface area contributed by atoms with Gasteiger partial charge in [-0.05, 0) is 31.0 Å². The number of sulfonamides is 1. The minimum absolute atomic E-state index is 0.117. The number of H-pyrrole nitrogens is 1. The van der Waals surface area contributed by atoms with Crippen LogP contribution in [0.15, 0.2) is 35.4 Å². The summed E-state index contributed by atoms with van der Waals surface area (Å²) in [6, 6.07) is 4.17. The molecule has 1 aromatic heterocycles. The molecule has 1 aromatic carbocycles. The molecule has 0 atom stereocenters.